The number of methoxy groups -OCH3 is 1. The molecule has 0 bridgehead atoms. The van der Waals surface area contributed by atoms with Crippen molar-refractivity contribution in [2.75, 3.05) is 46.6 Å². The van der Waals surface area contributed by atoms with Gasteiger partial charge in [-0.1, -0.05) is 24.3 Å². The molecular formula is C17H27N3O3. The van der Waals surface area contributed by atoms with Gasteiger partial charge in [0.25, 0.3) is 0 Å². The van der Waals surface area contributed by atoms with E-state index in [1.165, 1.54) is 5.56 Å². The molecular weight excluding hydrogens is 294 g/mol. The van der Waals surface area contributed by atoms with Gasteiger partial charge in [0.15, 0.2) is 0 Å². The van der Waals surface area contributed by atoms with Crippen LogP contribution in [-0.2, 0) is 22.6 Å². The second-order valence-corrected chi connectivity index (χ2v) is 5.61. The fourth-order valence-electron chi connectivity index (χ4n) is 2.54. The molecule has 6 heteroatoms. The summed E-state index contributed by atoms with van der Waals surface area (Å²) in [5, 5.41) is 5.75. The lowest BCUT2D eigenvalue weighted by Crippen LogP contribution is -2.37. The minimum Gasteiger partial charge on any atom is -0.385 e. The molecule has 0 unspecified atom stereocenters. The third-order valence-electron chi connectivity index (χ3n) is 3.87. The van der Waals surface area contributed by atoms with Gasteiger partial charge in [0.05, 0.1) is 13.2 Å². The number of rotatable bonds is 8. The van der Waals surface area contributed by atoms with Gasteiger partial charge in [0.1, 0.15) is 0 Å². The molecule has 1 saturated heterocycles. The number of nitrogens with one attached hydrogen (secondary N) is 2. The van der Waals surface area contributed by atoms with E-state index >= 15 is 0 Å². The average Bonchev–Trinajstić information content (AvgIpc) is 2.59. The molecule has 1 aromatic rings. The number of urea groups is 1. The Labute approximate surface area is 138 Å². The number of morpholine rings is 1. The quantitative estimate of drug-likeness (QED) is 0.710. The summed E-state index contributed by atoms with van der Waals surface area (Å²) >= 11 is 0. The molecule has 0 aliphatic carbocycles. The summed E-state index contributed by atoms with van der Waals surface area (Å²) in [6, 6.07) is 8.12. The summed E-state index contributed by atoms with van der Waals surface area (Å²) in [5.41, 5.74) is 2.42. The first-order chi connectivity index (χ1) is 11.3. The lowest BCUT2D eigenvalue weighted by Gasteiger charge is -2.27. The first kappa shape index (κ1) is 17.7. The van der Waals surface area contributed by atoms with Crippen molar-refractivity contribution >= 4 is 6.03 Å². The number of carbonyl (C=O) groups is 1. The molecule has 0 atom stereocenters. The second-order valence-electron chi connectivity index (χ2n) is 5.61. The van der Waals surface area contributed by atoms with Gasteiger partial charge in [0.2, 0.25) is 0 Å². The summed E-state index contributed by atoms with van der Waals surface area (Å²) in [6.07, 6.45) is 0.817. The Morgan fingerprint density at radius 3 is 2.70 bits per heavy atom. The first-order valence-electron chi connectivity index (χ1n) is 8.17. The summed E-state index contributed by atoms with van der Waals surface area (Å²) in [7, 11) is 1.66. The van der Waals surface area contributed by atoms with Crippen LogP contribution in [0.25, 0.3) is 0 Å². The van der Waals surface area contributed by atoms with Crippen molar-refractivity contribution in [3.05, 3.63) is 35.4 Å². The Bertz CT molecular complexity index is 476. The first-order valence-corrected chi connectivity index (χ1v) is 8.17. The van der Waals surface area contributed by atoms with Gasteiger partial charge in [-0.05, 0) is 17.5 Å². The Balaban J connectivity index is 1.79. The van der Waals surface area contributed by atoms with Crippen molar-refractivity contribution in [1.82, 2.24) is 15.5 Å². The van der Waals surface area contributed by atoms with Crippen LogP contribution in [0.15, 0.2) is 24.3 Å². The van der Waals surface area contributed by atoms with E-state index in [-0.39, 0.29) is 6.03 Å². The van der Waals surface area contributed by atoms with Crippen molar-refractivity contribution in [3.8, 4) is 0 Å². The standard InChI is InChI=1S/C17H27N3O3/c1-22-10-4-7-18-17(21)19-13-15-5-2-3-6-16(15)14-20-8-11-23-12-9-20/h2-3,5-6H,4,7-14H2,1H3,(H2,18,19,21). The van der Waals surface area contributed by atoms with Crippen LogP contribution < -0.4 is 10.6 Å². The zero-order chi connectivity index (χ0) is 16.3. The van der Waals surface area contributed by atoms with Gasteiger partial charge in [-0.25, -0.2) is 4.79 Å². The fourth-order valence-corrected chi connectivity index (χ4v) is 2.54. The maximum atomic E-state index is 11.8. The largest absolute Gasteiger partial charge is 0.385 e. The summed E-state index contributed by atoms with van der Waals surface area (Å²) < 4.78 is 10.3. The Morgan fingerprint density at radius 1 is 1.22 bits per heavy atom. The molecule has 0 saturated carbocycles. The van der Waals surface area contributed by atoms with Crippen molar-refractivity contribution in [1.29, 1.82) is 0 Å². The normalized spacial score (nSPS) is 15.3. The van der Waals surface area contributed by atoms with E-state index in [0.29, 0.717) is 19.7 Å². The molecule has 2 rings (SSSR count). The van der Waals surface area contributed by atoms with E-state index in [4.69, 9.17) is 9.47 Å². The monoisotopic (exact) mass is 321 g/mol. The summed E-state index contributed by atoms with van der Waals surface area (Å²) in [5.74, 6) is 0. The highest BCUT2D eigenvalue weighted by Gasteiger charge is 2.12. The van der Waals surface area contributed by atoms with Gasteiger partial charge >= 0.3 is 6.03 Å². The van der Waals surface area contributed by atoms with Crippen molar-refractivity contribution in [2.24, 2.45) is 0 Å². The zero-order valence-corrected chi connectivity index (χ0v) is 13.8. The predicted molar refractivity (Wildman–Crippen MR) is 89.3 cm³/mol. The van der Waals surface area contributed by atoms with Crippen LogP contribution in [0.5, 0.6) is 0 Å². The number of benzene rings is 1. The van der Waals surface area contributed by atoms with Gasteiger partial charge in [-0.15, -0.1) is 0 Å². The number of hydrogen-bond acceptors (Lipinski definition) is 4. The van der Waals surface area contributed by atoms with E-state index in [0.717, 1.165) is 44.8 Å². The van der Waals surface area contributed by atoms with E-state index in [1.807, 2.05) is 12.1 Å². The van der Waals surface area contributed by atoms with Crippen LogP contribution in [0.4, 0.5) is 4.79 Å². The minimum absolute atomic E-state index is 0.137. The van der Waals surface area contributed by atoms with Crippen molar-refractivity contribution in [3.63, 3.8) is 0 Å². The molecule has 1 aliphatic heterocycles. The molecule has 2 N–H and O–H groups in total. The SMILES string of the molecule is COCCCNC(=O)NCc1ccccc1CN1CCOCC1. The minimum atomic E-state index is -0.137. The topological polar surface area (TPSA) is 62.8 Å². The van der Waals surface area contributed by atoms with Crippen molar-refractivity contribution < 1.29 is 14.3 Å². The molecule has 1 aromatic carbocycles. The number of amides is 2. The third kappa shape index (κ3) is 6.56. The molecule has 1 heterocycles. The number of hydrogen-bond donors (Lipinski definition) is 2. The van der Waals surface area contributed by atoms with Crippen LogP contribution in [0.3, 0.4) is 0 Å². The molecule has 0 radical (unpaired) electrons. The van der Waals surface area contributed by atoms with E-state index in [1.54, 1.807) is 7.11 Å². The van der Waals surface area contributed by atoms with E-state index in [2.05, 4.69) is 27.7 Å². The number of ether oxygens (including phenoxy) is 2. The maximum Gasteiger partial charge on any atom is 0.315 e. The van der Waals surface area contributed by atoms with Gasteiger partial charge in [0, 0.05) is 46.4 Å². The highest BCUT2D eigenvalue weighted by Crippen LogP contribution is 2.12. The Hall–Kier alpha value is -1.63. The van der Waals surface area contributed by atoms with Gasteiger partial charge in [-0.3, -0.25) is 4.90 Å². The fraction of sp³-hybridized carbons (Fsp3) is 0.588. The predicted octanol–water partition coefficient (Wildman–Crippen LogP) is 1.35. The zero-order valence-electron chi connectivity index (χ0n) is 13.8. The van der Waals surface area contributed by atoms with E-state index < -0.39 is 0 Å². The molecule has 128 valence electrons. The highest BCUT2D eigenvalue weighted by atomic mass is 16.5. The Kier molecular flexibility index (Phi) is 7.86. The summed E-state index contributed by atoms with van der Waals surface area (Å²) in [4.78, 5) is 14.2. The second kappa shape index (κ2) is 10.2. The maximum absolute atomic E-state index is 11.8. The average molecular weight is 321 g/mol. The molecule has 0 aromatic heterocycles. The third-order valence-corrected chi connectivity index (χ3v) is 3.87. The van der Waals surface area contributed by atoms with Gasteiger partial charge < -0.3 is 20.1 Å². The van der Waals surface area contributed by atoms with Gasteiger partial charge in [-0.2, -0.15) is 0 Å². The lowest BCUT2D eigenvalue weighted by molar-refractivity contribution is 0.0341. The smallest absolute Gasteiger partial charge is 0.315 e. The van der Waals surface area contributed by atoms with Crippen LogP contribution in [0.2, 0.25) is 0 Å². The van der Waals surface area contributed by atoms with Crippen LogP contribution in [0, 0.1) is 0 Å². The molecule has 2 amide bonds. The van der Waals surface area contributed by atoms with Crippen LogP contribution in [0.1, 0.15) is 17.5 Å². The Morgan fingerprint density at radius 2 is 1.96 bits per heavy atom. The van der Waals surface area contributed by atoms with Crippen LogP contribution in [-0.4, -0.2) is 57.5 Å². The number of carbonyl (C=O) groups excluding carboxylic acids is 1. The van der Waals surface area contributed by atoms with Crippen LogP contribution >= 0.6 is 0 Å². The molecule has 1 fully saturated rings. The van der Waals surface area contributed by atoms with Crippen molar-refractivity contribution in [2.45, 2.75) is 19.5 Å². The molecule has 23 heavy (non-hydrogen) atoms. The summed E-state index contributed by atoms with van der Waals surface area (Å²) in [6.45, 7) is 6.23. The molecule has 1 aliphatic rings. The van der Waals surface area contributed by atoms with E-state index in [9.17, 15) is 4.79 Å². The molecule has 0 spiro atoms. The molecule has 6 nitrogen and oxygen atoms in total. The number of nitrogens with zero attached hydrogens (tertiary/aromatic N) is 1. The lowest BCUT2D eigenvalue weighted by atomic mass is 10.1. The highest BCUT2D eigenvalue weighted by molar-refractivity contribution is 5.73.